The van der Waals surface area contributed by atoms with E-state index in [0.717, 1.165) is 71.9 Å². The number of anilines is 1. The zero-order valence-electron chi connectivity index (χ0n) is 21.8. The van der Waals surface area contributed by atoms with E-state index in [2.05, 4.69) is 25.7 Å². The number of hydrogen-bond acceptors (Lipinski definition) is 9. The lowest BCUT2D eigenvalue weighted by molar-refractivity contribution is -0.0161. The number of carbonyl (C=O) groups is 1. The largest absolute Gasteiger partial charge is 0.463 e. The summed E-state index contributed by atoms with van der Waals surface area (Å²) in [6, 6.07) is 3.84. The molecule has 9 nitrogen and oxygen atoms in total. The van der Waals surface area contributed by atoms with E-state index in [-0.39, 0.29) is 18.2 Å². The highest BCUT2D eigenvalue weighted by atomic mass is 79.9. The summed E-state index contributed by atoms with van der Waals surface area (Å²) < 4.78 is 19.6. The number of rotatable bonds is 6. The fourth-order valence-corrected chi connectivity index (χ4v) is 7.86. The molecule has 4 saturated heterocycles. The second-order valence-corrected chi connectivity index (χ2v) is 14.1. The van der Waals surface area contributed by atoms with Gasteiger partial charge in [0.1, 0.15) is 5.60 Å². The van der Waals surface area contributed by atoms with Gasteiger partial charge in [0, 0.05) is 31.7 Å². The first kappa shape index (κ1) is 25.6. The van der Waals surface area contributed by atoms with Crippen molar-refractivity contribution in [2.24, 2.45) is 0 Å². The number of aromatic nitrogens is 2. The molecule has 0 spiro atoms. The van der Waals surface area contributed by atoms with Crippen molar-refractivity contribution in [2.75, 3.05) is 44.4 Å². The van der Waals surface area contributed by atoms with Crippen LogP contribution in [0, 0.1) is 0 Å². The molecular weight excluding hydrogens is 558 g/mol. The SMILES string of the molecule is CC(C)(C)OC(=O)N1C2CCC1CN(c1nc(OCCCN3C4CCC3COC4)nc3cc(Br)sc13)C2. The maximum absolute atomic E-state index is 12.9. The van der Waals surface area contributed by atoms with Gasteiger partial charge in [0.05, 0.1) is 45.9 Å². The lowest BCUT2D eigenvalue weighted by Crippen LogP contribution is -2.57. The van der Waals surface area contributed by atoms with Crippen molar-refractivity contribution in [1.82, 2.24) is 19.8 Å². The zero-order chi connectivity index (χ0) is 25.7. The molecule has 0 aliphatic carbocycles. The number of nitrogens with zero attached hydrogens (tertiary/aromatic N) is 5. The van der Waals surface area contributed by atoms with Crippen LogP contribution in [0.3, 0.4) is 0 Å². The minimum atomic E-state index is -0.497. The van der Waals surface area contributed by atoms with Gasteiger partial charge in [0.25, 0.3) is 0 Å². The van der Waals surface area contributed by atoms with Crippen LogP contribution in [0.25, 0.3) is 10.2 Å². The Labute approximate surface area is 230 Å². The highest BCUT2D eigenvalue weighted by molar-refractivity contribution is 9.11. The first-order valence-electron chi connectivity index (χ1n) is 13.4. The fraction of sp³-hybridized carbons (Fsp3) is 0.731. The first-order valence-corrected chi connectivity index (χ1v) is 15.1. The second kappa shape index (κ2) is 10.1. The van der Waals surface area contributed by atoms with Gasteiger partial charge >= 0.3 is 12.1 Å². The number of hydrogen-bond donors (Lipinski definition) is 0. The molecular formula is C26H36BrN5O4S. The Kier molecular flexibility index (Phi) is 7.00. The van der Waals surface area contributed by atoms with E-state index in [9.17, 15) is 4.79 Å². The number of halogens is 1. The van der Waals surface area contributed by atoms with Gasteiger partial charge in [0.2, 0.25) is 0 Å². The van der Waals surface area contributed by atoms with Crippen LogP contribution >= 0.6 is 27.3 Å². The van der Waals surface area contributed by atoms with E-state index in [0.29, 0.717) is 24.7 Å². The van der Waals surface area contributed by atoms with E-state index < -0.39 is 5.60 Å². The Morgan fingerprint density at radius 3 is 2.46 bits per heavy atom. The molecule has 0 saturated carbocycles. The minimum Gasteiger partial charge on any atom is -0.463 e. The Morgan fingerprint density at radius 1 is 1.11 bits per heavy atom. The van der Waals surface area contributed by atoms with Crippen LogP contribution in [0.1, 0.15) is 52.9 Å². The standard InChI is InChI=1S/C26H36BrN5O4S/c1-26(2,3)36-25(33)32-16-5-6-17(32)13-30(12-16)23-22-20(11-21(27)37-22)28-24(29-23)35-10-4-9-31-18-7-8-19(31)15-34-14-18/h11,16-19H,4-10,12-15H2,1-3H3. The fourth-order valence-electron chi connectivity index (χ4n) is 6.32. The summed E-state index contributed by atoms with van der Waals surface area (Å²) in [6.07, 6.45) is 5.18. The van der Waals surface area contributed by atoms with E-state index >= 15 is 0 Å². The summed E-state index contributed by atoms with van der Waals surface area (Å²) in [5.41, 5.74) is 0.397. The van der Waals surface area contributed by atoms with E-state index in [1.54, 1.807) is 11.3 Å². The molecule has 4 atom stereocenters. The quantitative estimate of drug-likeness (QED) is 0.447. The van der Waals surface area contributed by atoms with Gasteiger partial charge < -0.3 is 19.1 Å². The lowest BCUT2D eigenvalue weighted by Gasteiger charge is -2.41. The van der Waals surface area contributed by atoms with Crippen LogP contribution in [-0.4, -0.2) is 95.1 Å². The maximum atomic E-state index is 12.9. The van der Waals surface area contributed by atoms with Crippen molar-refractivity contribution in [1.29, 1.82) is 0 Å². The lowest BCUT2D eigenvalue weighted by atomic mass is 10.2. The third-order valence-electron chi connectivity index (χ3n) is 7.87. The number of carbonyl (C=O) groups excluding carboxylic acids is 1. The number of ether oxygens (including phenoxy) is 3. The molecule has 2 aromatic heterocycles. The molecule has 4 aliphatic rings. The number of piperazine rings is 1. The predicted molar refractivity (Wildman–Crippen MR) is 147 cm³/mol. The van der Waals surface area contributed by atoms with Crippen LogP contribution < -0.4 is 9.64 Å². The molecule has 4 unspecified atom stereocenters. The minimum absolute atomic E-state index is 0.121. The summed E-state index contributed by atoms with van der Waals surface area (Å²) >= 11 is 5.28. The molecule has 11 heteroatoms. The normalized spacial score (nSPS) is 27.8. The molecule has 0 radical (unpaired) electrons. The predicted octanol–water partition coefficient (Wildman–Crippen LogP) is 4.67. The Hall–Kier alpha value is -1.69. The second-order valence-electron chi connectivity index (χ2n) is 11.6. The van der Waals surface area contributed by atoms with Crippen molar-refractivity contribution < 1.29 is 19.0 Å². The maximum Gasteiger partial charge on any atom is 0.410 e. The van der Waals surface area contributed by atoms with Crippen molar-refractivity contribution in [3.05, 3.63) is 9.85 Å². The van der Waals surface area contributed by atoms with Crippen molar-refractivity contribution in [3.63, 3.8) is 0 Å². The highest BCUT2D eigenvalue weighted by Crippen LogP contribution is 2.40. The average Bonchev–Trinajstić information content (AvgIpc) is 3.41. The Balaban J connectivity index is 1.14. The number of morpholine rings is 1. The van der Waals surface area contributed by atoms with Gasteiger partial charge in [-0.25, -0.2) is 4.79 Å². The molecule has 4 bridgehead atoms. The number of amides is 1. The zero-order valence-corrected chi connectivity index (χ0v) is 24.2. The Morgan fingerprint density at radius 2 is 1.78 bits per heavy atom. The van der Waals surface area contributed by atoms with Gasteiger partial charge in [-0.3, -0.25) is 9.80 Å². The van der Waals surface area contributed by atoms with Crippen LogP contribution in [0.4, 0.5) is 10.6 Å². The number of thiophene rings is 1. The van der Waals surface area contributed by atoms with Gasteiger partial charge in [-0.2, -0.15) is 9.97 Å². The third kappa shape index (κ3) is 5.29. The van der Waals surface area contributed by atoms with Gasteiger partial charge in [-0.05, 0) is 74.9 Å². The molecule has 4 fully saturated rings. The molecule has 1 amide bonds. The molecule has 4 aliphatic heterocycles. The molecule has 37 heavy (non-hydrogen) atoms. The average molecular weight is 595 g/mol. The molecule has 2 aromatic rings. The first-order chi connectivity index (χ1) is 17.7. The third-order valence-corrected chi connectivity index (χ3v) is 9.50. The van der Waals surface area contributed by atoms with Crippen LogP contribution in [-0.2, 0) is 9.47 Å². The van der Waals surface area contributed by atoms with Gasteiger partial charge in [-0.1, -0.05) is 0 Å². The van der Waals surface area contributed by atoms with E-state index in [1.807, 2.05) is 31.7 Å². The highest BCUT2D eigenvalue weighted by Gasteiger charge is 2.45. The van der Waals surface area contributed by atoms with E-state index in [1.165, 1.54) is 12.8 Å². The van der Waals surface area contributed by atoms with Crippen molar-refractivity contribution in [3.8, 4) is 6.01 Å². The Bertz CT molecular complexity index is 1130. The molecule has 6 heterocycles. The molecule has 0 aromatic carbocycles. The smallest absolute Gasteiger partial charge is 0.410 e. The van der Waals surface area contributed by atoms with Crippen LogP contribution in [0.2, 0.25) is 0 Å². The van der Waals surface area contributed by atoms with Gasteiger partial charge in [-0.15, -0.1) is 11.3 Å². The summed E-state index contributed by atoms with van der Waals surface area (Å²) in [5, 5.41) is 0. The monoisotopic (exact) mass is 593 g/mol. The molecule has 6 rings (SSSR count). The molecule has 0 N–H and O–H groups in total. The summed E-state index contributed by atoms with van der Waals surface area (Å²) in [7, 11) is 0. The summed E-state index contributed by atoms with van der Waals surface area (Å²) in [5.74, 6) is 0.905. The molecule has 202 valence electrons. The van der Waals surface area contributed by atoms with Crippen molar-refractivity contribution in [2.45, 2.75) is 82.6 Å². The summed E-state index contributed by atoms with van der Waals surface area (Å²) in [4.78, 5) is 29.4. The number of fused-ring (bicyclic) bond motifs is 5. The van der Waals surface area contributed by atoms with Crippen LogP contribution in [0.5, 0.6) is 6.01 Å². The topological polar surface area (TPSA) is 80.3 Å². The van der Waals surface area contributed by atoms with E-state index in [4.69, 9.17) is 24.2 Å². The van der Waals surface area contributed by atoms with Gasteiger partial charge in [0.15, 0.2) is 5.82 Å². The van der Waals surface area contributed by atoms with Crippen molar-refractivity contribution >= 4 is 49.4 Å². The van der Waals surface area contributed by atoms with Crippen LogP contribution in [0.15, 0.2) is 9.85 Å². The summed E-state index contributed by atoms with van der Waals surface area (Å²) in [6.45, 7) is 10.5.